The lowest BCUT2D eigenvalue weighted by Gasteiger charge is -2.21. The summed E-state index contributed by atoms with van der Waals surface area (Å²) in [7, 11) is 0. The Bertz CT molecular complexity index is 635. The summed E-state index contributed by atoms with van der Waals surface area (Å²) in [6.45, 7) is 7.68. The zero-order chi connectivity index (χ0) is 16.9. The van der Waals surface area contributed by atoms with Gasteiger partial charge in [0, 0.05) is 32.8 Å². The Morgan fingerprint density at radius 2 is 2.12 bits per heavy atom. The zero-order valence-electron chi connectivity index (χ0n) is 14.8. The normalized spacial score (nSPS) is 22.6. The average molecular weight is 344 g/mol. The quantitative estimate of drug-likeness (QED) is 0.815. The molecule has 2 aliphatic rings. The number of imidazole rings is 1. The van der Waals surface area contributed by atoms with Gasteiger partial charge < -0.3 is 19.4 Å². The van der Waals surface area contributed by atoms with E-state index < -0.39 is 0 Å². The van der Waals surface area contributed by atoms with E-state index in [2.05, 4.69) is 26.9 Å². The first-order chi connectivity index (χ1) is 12.4. The van der Waals surface area contributed by atoms with Crippen LogP contribution in [-0.4, -0.2) is 73.5 Å². The smallest absolute Gasteiger partial charge is 0.203 e. The van der Waals surface area contributed by atoms with Crippen molar-refractivity contribution in [1.29, 1.82) is 0 Å². The van der Waals surface area contributed by atoms with Gasteiger partial charge in [0.05, 0.1) is 30.4 Å². The van der Waals surface area contributed by atoms with E-state index in [1.54, 1.807) is 0 Å². The number of hydrogen-bond acceptors (Lipinski definition) is 5. The van der Waals surface area contributed by atoms with Gasteiger partial charge in [-0.05, 0) is 37.9 Å². The number of aromatic nitrogens is 2. The first-order valence-corrected chi connectivity index (χ1v) is 9.50. The molecule has 6 heteroatoms. The van der Waals surface area contributed by atoms with Crippen molar-refractivity contribution >= 4 is 17.0 Å². The van der Waals surface area contributed by atoms with Crippen molar-refractivity contribution in [2.45, 2.75) is 25.4 Å². The van der Waals surface area contributed by atoms with Crippen LogP contribution >= 0.6 is 0 Å². The van der Waals surface area contributed by atoms with Crippen LogP contribution in [0.5, 0.6) is 0 Å². The summed E-state index contributed by atoms with van der Waals surface area (Å²) < 4.78 is 11.4. The highest BCUT2D eigenvalue weighted by Gasteiger charge is 2.18. The van der Waals surface area contributed by atoms with Crippen LogP contribution in [0.4, 0.5) is 5.95 Å². The van der Waals surface area contributed by atoms with Crippen LogP contribution in [0, 0.1) is 0 Å². The Morgan fingerprint density at radius 1 is 1.16 bits per heavy atom. The fourth-order valence-corrected chi connectivity index (χ4v) is 3.68. The van der Waals surface area contributed by atoms with Crippen LogP contribution < -0.4 is 4.90 Å². The van der Waals surface area contributed by atoms with Gasteiger partial charge in [-0.3, -0.25) is 4.90 Å². The second kappa shape index (κ2) is 8.17. The van der Waals surface area contributed by atoms with E-state index in [-0.39, 0.29) is 0 Å². The lowest BCUT2D eigenvalue weighted by molar-refractivity contribution is 0.0109. The monoisotopic (exact) mass is 344 g/mol. The maximum absolute atomic E-state index is 5.81. The number of nitrogens with one attached hydrogen (secondary N) is 1. The van der Waals surface area contributed by atoms with Gasteiger partial charge in [-0.25, -0.2) is 4.98 Å². The minimum absolute atomic E-state index is 0.327. The maximum Gasteiger partial charge on any atom is 0.203 e. The van der Waals surface area contributed by atoms with Gasteiger partial charge in [-0.15, -0.1) is 0 Å². The van der Waals surface area contributed by atoms with Gasteiger partial charge in [0.15, 0.2) is 0 Å². The minimum atomic E-state index is 0.327. The number of aromatic amines is 1. The number of anilines is 1. The highest BCUT2D eigenvalue weighted by atomic mass is 16.5. The second-order valence-electron chi connectivity index (χ2n) is 6.97. The standard InChI is InChI=1S/C19H28N4O2/c1-2-7-18-17(6-1)20-19(21-18)23-9-4-8-22(10-11-23)12-14-24-15-16-5-3-13-25-16/h1-2,6-7,16H,3-5,8-15H2,(H,20,21). The van der Waals surface area contributed by atoms with Gasteiger partial charge in [0.25, 0.3) is 0 Å². The minimum Gasteiger partial charge on any atom is -0.377 e. The Balaban J connectivity index is 1.24. The van der Waals surface area contributed by atoms with E-state index in [1.165, 1.54) is 6.42 Å². The summed E-state index contributed by atoms with van der Waals surface area (Å²) in [4.78, 5) is 13.1. The predicted octanol–water partition coefficient (Wildman–Crippen LogP) is 2.27. The number of rotatable bonds is 6. The lowest BCUT2D eigenvalue weighted by Crippen LogP contribution is -2.33. The van der Waals surface area contributed by atoms with E-state index in [1.807, 2.05) is 12.1 Å². The van der Waals surface area contributed by atoms with Crippen molar-refractivity contribution in [3.05, 3.63) is 24.3 Å². The Hall–Kier alpha value is -1.63. The third kappa shape index (κ3) is 4.32. The van der Waals surface area contributed by atoms with Crippen LogP contribution in [0.1, 0.15) is 19.3 Å². The molecule has 3 heterocycles. The van der Waals surface area contributed by atoms with E-state index >= 15 is 0 Å². The average Bonchev–Trinajstić information content (AvgIpc) is 3.24. The molecule has 2 aromatic rings. The molecule has 4 rings (SSSR count). The molecule has 1 atom stereocenters. The molecule has 136 valence electrons. The van der Waals surface area contributed by atoms with Crippen LogP contribution in [0.2, 0.25) is 0 Å². The molecule has 1 unspecified atom stereocenters. The largest absolute Gasteiger partial charge is 0.377 e. The molecule has 25 heavy (non-hydrogen) atoms. The second-order valence-corrected chi connectivity index (χ2v) is 6.97. The third-order valence-corrected chi connectivity index (χ3v) is 5.14. The maximum atomic E-state index is 5.81. The predicted molar refractivity (Wildman–Crippen MR) is 99.2 cm³/mol. The first-order valence-electron chi connectivity index (χ1n) is 9.50. The SMILES string of the molecule is c1ccc2[nH]c(N3CCCN(CCOCC4CCCO4)CC3)nc2c1. The zero-order valence-corrected chi connectivity index (χ0v) is 14.8. The first kappa shape index (κ1) is 16.8. The van der Waals surface area contributed by atoms with Crippen molar-refractivity contribution in [1.82, 2.24) is 14.9 Å². The summed E-state index contributed by atoms with van der Waals surface area (Å²) in [6, 6.07) is 8.23. The number of benzene rings is 1. The molecule has 0 saturated carbocycles. The molecule has 0 radical (unpaired) electrons. The van der Waals surface area contributed by atoms with E-state index in [0.717, 1.165) is 82.4 Å². The summed E-state index contributed by atoms with van der Waals surface area (Å²) in [6.07, 6.45) is 3.81. The highest BCUT2D eigenvalue weighted by Crippen LogP contribution is 2.18. The topological polar surface area (TPSA) is 53.6 Å². The van der Waals surface area contributed by atoms with E-state index in [0.29, 0.717) is 6.10 Å². The number of H-pyrrole nitrogens is 1. The molecular formula is C19H28N4O2. The summed E-state index contributed by atoms with van der Waals surface area (Å²) in [5, 5.41) is 0. The summed E-state index contributed by atoms with van der Waals surface area (Å²) >= 11 is 0. The van der Waals surface area contributed by atoms with Gasteiger partial charge >= 0.3 is 0 Å². The van der Waals surface area contributed by atoms with Gasteiger partial charge in [-0.2, -0.15) is 0 Å². The molecule has 0 spiro atoms. The van der Waals surface area contributed by atoms with Crippen molar-refractivity contribution in [3.63, 3.8) is 0 Å². The fraction of sp³-hybridized carbons (Fsp3) is 0.632. The Labute approximate surface area is 149 Å². The van der Waals surface area contributed by atoms with Gasteiger partial charge in [0.2, 0.25) is 5.95 Å². The van der Waals surface area contributed by atoms with Crippen molar-refractivity contribution in [2.75, 3.05) is 57.4 Å². The molecule has 2 saturated heterocycles. The van der Waals surface area contributed by atoms with Gasteiger partial charge in [0.1, 0.15) is 0 Å². The number of fused-ring (bicyclic) bond motifs is 1. The molecule has 0 aliphatic carbocycles. The van der Waals surface area contributed by atoms with Gasteiger partial charge in [-0.1, -0.05) is 12.1 Å². The molecule has 1 aromatic heterocycles. The number of para-hydroxylation sites is 2. The highest BCUT2D eigenvalue weighted by molar-refractivity contribution is 5.77. The molecule has 0 amide bonds. The van der Waals surface area contributed by atoms with E-state index in [9.17, 15) is 0 Å². The molecule has 1 aromatic carbocycles. The lowest BCUT2D eigenvalue weighted by atomic mass is 10.2. The van der Waals surface area contributed by atoms with Crippen molar-refractivity contribution < 1.29 is 9.47 Å². The Morgan fingerprint density at radius 3 is 3.00 bits per heavy atom. The number of nitrogens with zero attached hydrogens (tertiary/aromatic N) is 3. The Kier molecular flexibility index (Phi) is 5.49. The number of ether oxygens (including phenoxy) is 2. The van der Waals surface area contributed by atoms with Crippen molar-refractivity contribution in [2.24, 2.45) is 0 Å². The molecule has 1 N–H and O–H groups in total. The third-order valence-electron chi connectivity index (χ3n) is 5.14. The van der Waals surface area contributed by atoms with Crippen LogP contribution in [0.15, 0.2) is 24.3 Å². The van der Waals surface area contributed by atoms with Crippen LogP contribution in [0.3, 0.4) is 0 Å². The van der Waals surface area contributed by atoms with E-state index in [4.69, 9.17) is 14.5 Å². The summed E-state index contributed by atoms with van der Waals surface area (Å²) in [5.74, 6) is 0.998. The van der Waals surface area contributed by atoms with Crippen LogP contribution in [-0.2, 0) is 9.47 Å². The molecule has 6 nitrogen and oxygen atoms in total. The summed E-state index contributed by atoms with van der Waals surface area (Å²) in [5.41, 5.74) is 2.15. The molecular weight excluding hydrogens is 316 g/mol. The molecule has 0 bridgehead atoms. The number of hydrogen-bond donors (Lipinski definition) is 1. The van der Waals surface area contributed by atoms with Crippen molar-refractivity contribution in [3.8, 4) is 0 Å². The van der Waals surface area contributed by atoms with Crippen LogP contribution in [0.25, 0.3) is 11.0 Å². The molecule has 2 fully saturated rings. The molecule has 2 aliphatic heterocycles. The fourth-order valence-electron chi connectivity index (χ4n) is 3.68.